The van der Waals surface area contributed by atoms with Crippen molar-refractivity contribution in [1.82, 2.24) is 30.0 Å². The van der Waals surface area contributed by atoms with Crippen LogP contribution in [0, 0.1) is 12.3 Å². The molecular weight excluding hydrogens is 444 g/mol. The second-order valence-corrected chi connectivity index (χ2v) is 9.51. The third-order valence-corrected chi connectivity index (χ3v) is 7.17. The zero-order chi connectivity index (χ0) is 24.3. The molecular formula is C26H30N6O3. The van der Waals surface area contributed by atoms with Gasteiger partial charge in [0.05, 0.1) is 0 Å². The zero-order valence-corrected chi connectivity index (χ0v) is 20.0. The van der Waals surface area contributed by atoms with E-state index in [9.17, 15) is 9.59 Å². The lowest BCUT2D eigenvalue weighted by Gasteiger charge is -2.39. The van der Waals surface area contributed by atoms with E-state index in [1.165, 1.54) is 4.80 Å². The number of aryl methyl sites for hydroxylation is 1. The third kappa shape index (κ3) is 5.18. The van der Waals surface area contributed by atoms with Gasteiger partial charge in [-0.2, -0.15) is 4.80 Å². The lowest BCUT2D eigenvalue weighted by atomic mass is 9.78. The Kier molecular flexibility index (Phi) is 6.48. The summed E-state index contributed by atoms with van der Waals surface area (Å²) in [5, 5.41) is 12.5. The number of ether oxygens (including phenoxy) is 1. The van der Waals surface area contributed by atoms with Crippen molar-refractivity contribution in [1.29, 1.82) is 0 Å². The Labute approximate surface area is 204 Å². The number of carbonyl (C=O) groups excluding carboxylic acids is 2. The summed E-state index contributed by atoms with van der Waals surface area (Å²) in [4.78, 5) is 30.8. The van der Waals surface area contributed by atoms with Crippen molar-refractivity contribution < 1.29 is 14.3 Å². The van der Waals surface area contributed by atoms with E-state index in [1.54, 1.807) is 0 Å². The Morgan fingerprint density at radius 2 is 1.60 bits per heavy atom. The van der Waals surface area contributed by atoms with Gasteiger partial charge in [-0.15, -0.1) is 10.2 Å². The Balaban J connectivity index is 1.10. The molecule has 0 unspecified atom stereocenters. The normalized spacial score (nSPS) is 17.1. The molecule has 2 amide bonds. The van der Waals surface area contributed by atoms with Crippen molar-refractivity contribution in [3.05, 3.63) is 60.2 Å². The van der Waals surface area contributed by atoms with Crippen LogP contribution >= 0.6 is 0 Å². The summed E-state index contributed by atoms with van der Waals surface area (Å²) in [7, 11) is 0. The molecule has 3 aromatic rings. The number of nitrogens with zero attached hydrogens (tertiary/aromatic N) is 6. The van der Waals surface area contributed by atoms with E-state index in [4.69, 9.17) is 4.74 Å². The van der Waals surface area contributed by atoms with Crippen molar-refractivity contribution >= 4 is 11.8 Å². The zero-order valence-electron chi connectivity index (χ0n) is 20.0. The van der Waals surface area contributed by atoms with Crippen LogP contribution in [0.1, 0.15) is 24.8 Å². The molecule has 2 aliphatic heterocycles. The Hall–Kier alpha value is -3.75. The lowest BCUT2D eigenvalue weighted by Crippen LogP contribution is -2.46. The molecule has 0 N–H and O–H groups in total. The van der Waals surface area contributed by atoms with Gasteiger partial charge in [0, 0.05) is 31.7 Å². The summed E-state index contributed by atoms with van der Waals surface area (Å²) < 4.78 is 5.74. The Bertz CT molecular complexity index is 1190. The molecule has 2 fully saturated rings. The summed E-state index contributed by atoms with van der Waals surface area (Å²) >= 11 is 0. The number of rotatable bonds is 6. The second-order valence-electron chi connectivity index (χ2n) is 9.51. The molecule has 35 heavy (non-hydrogen) atoms. The van der Waals surface area contributed by atoms with Crippen LogP contribution in [0.3, 0.4) is 0 Å². The Morgan fingerprint density at radius 1 is 0.914 bits per heavy atom. The van der Waals surface area contributed by atoms with E-state index < -0.39 is 0 Å². The highest BCUT2D eigenvalue weighted by Crippen LogP contribution is 2.40. The number of benzene rings is 2. The fourth-order valence-electron chi connectivity index (χ4n) is 4.97. The largest absolute Gasteiger partial charge is 0.484 e. The first-order chi connectivity index (χ1) is 17.0. The SMILES string of the molecule is Cc1ccccc1OCC(=O)N1CCC2(CC1)CCN(C(=O)Cn1nnc(-c3ccccc3)n1)C2. The molecule has 1 aromatic heterocycles. The van der Waals surface area contributed by atoms with E-state index in [0.29, 0.717) is 25.5 Å². The van der Waals surface area contributed by atoms with Crippen LogP contribution in [0.2, 0.25) is 0 Å². The maximum Gasteiger partial charge on any atom is 0.260 e. The number of hydrogen-bond donors (Lipinski definition) is 0. The first kappa shape index (κ1) is 23.0. The molecule has 2 aromatic carbocycles. The maximum atomic E-state index is 12.9. The predicted octanol–water partition coefficient (Wildman–Crippen LogP) is 2.57. The van der Waals surface area contributed by atoms with Gasteiger partial charge >= 0.3 is 0 Å². The van der Waals surface area contributed by atoms with E-state index in [-0.39, 0.29) is 30.4 Å². The van der Waals surface area contributed by atoms with Gasteiger partial charge in [0.15, 0.2) is 6.61 Å². The number of tetrazole rings is 1. The van der Waals surface area contributed by atoms with Crippen molar-refractivity contribution in [2.45, 2.75) is 32.7 Å². The van der Waals surface area contributed by atoms with Gasteiger partial charge in [0.25, 0.3) is 5.91 Å². The number of likely N-dealkylation sites (tertiary alicyclic amines) is 2. The van der Waals surface area contributed by atoms with Gasteiger partial charge in [-0.25, -0.2) is 0 Å². The average Bonchev–Trinajstić information content (AvgIpc) is 3.52. The van der Waals surface area contributed by atoms with E-state index in [1.807, 2.05) is 71.3 Å². The van der Waals surface area contributed by atoms with Crippen molar-refractivity contribution in [3.8, 4) is 17.1 Å². The molecule has 5 rings (SSSR count). The molecule has 9 heteroatoms. The van der Waals surface area contributed by atoms with Crippen LogP contribution in [-0.2, 0) is 16.1 Å². The molecule has 0 bridgehead atoms. The van der Waals surface area contributed by atoms with Crippen LogP contribution in [0.25, 0.3) is 11.4 Å². The number of aromatic nitrogens is 4. The van der Waals surface area contributed by atoms with Gasteiger partial charge in [0.2, 0.25) is 11.7 Å². The molecule has 2 saturated heterocycles. The smallest absolute Gasteiger partial charge is 0.260 e. The predicted molar refractivity (Wildman–Crippen MR) is 129 cm³/mol. The standard InChI is InChI=1S/C26H30N6O3/c1-20-7-5-6-10-22(20)35-18-24(34)30-14-11-26(12-15-30)13-16-31(19-26)23(33)17-32-28-25(27-29-32)21-8-3-2-4-9-21/h2-10H,11-19H2,1H3. The third-order valence-electron chi connectivity index (χ3n) is 7.17. The minimum absolute atomic E-state index is 0.00373. The molecule has 2 aliphatic rings. The fourth-order valence-corrected chi connectivity index (χ4v) is 4.97. The topological polar surface area (TPSA) is 93.5 Å². The van der Waals surface area contributed by atoms with Crippen LogP contribution in [0.5, 0.6) is 5.75 Å². The second kappa shape index (κ2) is 9.85. The van der Waals surface area contributed by atoms with Crippen LogP contribution in [0.15, 0.2) is 54.6 Å². The minimum Gasteiger partial charge on any atom is -0.484 e. The van der Waals surface area contributed by atoms with Crippen LogP contribution in [0.4, 0.5) is 0 Å². The molecule has 0 atom stereocenters. The van der Waals surface area contributed by atoms with E-state index >= 15 is 0 Å². The van der Waals surface area contributed by atoms with Gasteiger partial charge in [-0.3, -0.25) is 9.59 Å². The molecule has 3 heterocycles. The Morgan fingerprint density at radius 3 is 2.34 bits per heavy atom. The van der Waals surface area contributed by atoms with Gasteiger partial charge in [0.1, 0.15) is 12.3 Å². The number of para-hydroxylation sites is 1. The molecule has 1 spiro atoms. The molecule has 0 radical (unpaired) electrons. The molecule has 9 nitrogen and oxygen atoms in total. The van der Waals surface area contributed by atoms with Crippen molar-refractivity contribution in [2.75, 3.05) is 32.8 Å². The quantitative estimate of drug-likeness (QED) is 0.545. The summed E-state index contributed by atoms with van der Waals surface area (Å²) in [6.45, 7) is 4.94. The number of amides is 2. The summed E-state index contributed by atoms with van der Waals surface area (Å²) in [5.41, 5.74) is 1.97. The van der Waals surface area contributed by atoms with Crippen LogP contribution in [-0.4, -0.2) is 74.6 Å². The molecule has 182 valence electrons. The molecule has 0 aliphatic carbocycles. The highest BCUT2D eigenvalue weighted by Gasteiger charge is 2.42. The summed E-state index contributed by atoms with van der Waals surface area (Å²) in [6.07, 6.45) is 2.75. The first-order valence-corrected chi connectivity index (χ1v) is 12.1. The van der Waals surface area contributed by atoms with E-state index in [2.05, 4.69) is 15.4 Å². The van der Waals surface area contributed by atoms with Gasteiger partial charge in [-0.05, 0) is 48.4 Å². The highest BCUT2D eigenvalue weighted by atomic mass is 16.5. The first-order valence-electron chi connectivity index (χ1n) is 12.1. The van der Waals surface area contributed by atoms with Crippen molar-refractivity contribution in [3.63, 3.8) is 0 Å². The highest BCUT2D eigenvalue weighted by molar-refractivity contribution is 5.78. The molecule has 0 saturated carbocycles. The monoisotopic (exact) mass is 474 g/mol. The number of carbonyl (C=O) groups is 2. The number of piperidine rings is 1. The minimum atomic E-state index is 0.00373. The lowest BCUT2D eigenvalue weighted by molar-refractivity contribution is -0.136. The summed E-state index contributed by atoms with van der Waals surface area (Å²) in [5.74, 6) is 1.28. The number of hydrogen-bond acceptors (Lipinski definition) is 6. The van der Waals surface area contributed by atoms with E-state index in [0.717, 1.165) is 42.7 Å². The van der Waals surface area contributed by atoms with Gasteiger partial charge < -0.3 is 14.5 Å². The van der Waals surface area contributed by atoms with Crippen molar-refractivity contribution in [2.24, 2.45) is 5.41 Å². The summed E-state index contributed by atoms with van der Waals surface area (Å²) in [6, 6.07) is 17.3. The fraction of sp³-hybridized carbons (Fsp3) is 0.423. The maximum absolute atomic E-state index is 12.9. The average molecular weight is 475 g/mol. The van der Waals surface area contributed by atoms with Gasteiger partial charge in [-0.1, -0.05) is 48.5 Å². The van der Waals surface area contributed by atoms with Crippen LogP contribution < -0.4 is 4.74 Å².